The topological polar surface area (TPSA) is 72.2 Å². The molecule has 0 bridgehead atoms. The molecule has 0 atom stereocenters. The molecular weight excluding hydrogens is 276 g/mol. The van der Waals surface area contributed by atoms with Crippen LogP contribution in [0.3, 0.4) is 0 Å². The number of carboxylic acids is 1. The van der Waals surface area contributed by atoms with Gasteiger partial charge in [0.15, 0.2) is 5.16 Å². The molecule has 0 radical (unpaired) electrons. The van der Waals surface area contributed by atoms with Crippen molar-refractivity contribution in [2.24, 2.45) is 0 Å². The van der Waals surface area contributed by atoms with E-state index in [9.17, 15) is 9.59 Å². The van der Waals surface area contributed by atoms with Gasteiger partial charge in [-0.15, -0.1) is 0 Å². The summed E-state index contributed by atoms with van der Waals surface area (Å²) in [6, 6.07) is 7.20. The van der Waals surface area contributed by atoms with Gasteiger partial charge in [-0.05, 0) is 31.0 Å². The molecule has 2 aromatic rings. The maximum Gasteiger partial charge on any atom is 0.313 e. The lowest BCUT2D eigenvalue weighted by atomic mass is 10.1. The standard InChI is InChI=1S/C14H14N2O3S/c1-9-4-3-5-11(10(9)2)16-7-6-12(17)15-14(16)20-8-13(18)19/h3-7H,8H2,1-2H3,(H,18,19). The highest BCUT2D eigenvalue weighted by molar-refractivity contribution is 7.99. The van der Waals surface area contributed by atoms with Crippen molar-refractivity contribution in [3.05, 3.63) is 51.9 Å². The Kier molecular flexibility index (Phi) is 4.24. The second-order valence-corrected chi connectivity index (χ2v) is 5.26. The Bertz CT molecular complexity index is 710. The number of nitrogens with zero attached hydrogens (tertiary/aromatic N) is 2. The number of benzene rings is 1. The van der Waals surface area contributed by atoms with Crippen LogP contribution >= 0.6 is 11.8 Å². The molecular formula is C14H14N2O3S. The Morgan fingerprint density at radius 2 is 2.10 bits per heavy atom. The van der Waals surface area contributed by atoms with E-state index in [0.29, 0.717) is 5.16 Å². The van der Waals surface area contributed by atoms with E-state index in [1.807, 2.05) is 32.0 Å². The maximum absolute atomic E-state index is 11.4. The molecule has 6 heteroatoms. The van der Waals surface area contributed by atoms with Crippen LogP contribution in [0.15, 0.2) is 40.4 Å². The quantitative estimate of drug-likeness (QED) is 0.689. The second kappa shape index (κ2) is 5.92. The van der Waals surface area contributed by atoms with E-state index in [2.05, 4.69) is 4.98 Å². The van der Waals surface area contributed by atoms with Gasteiger partial charge in [0.1, 0.15) is 0 Å². The molecule has 1 aromatic heterocycles. The second-order valence-electron chi connectivity index (χ2n) is 4.32. The lowest BCUT2D eigenvalue weighted by Gasteiger charge is -2.14. The van der Waals surface area contributed by atoms with E-state index >= 15 is 0 Å². The average molecular weight is 290 g/mol. The number of aromatic nitrogens is 2. The summed E-state index contributed by atoms with van der Waals surface area (Å²) >= 11 is 1.03. The fraction of sp³-hybridized carbons (Fsp3) is 0.214. The highest BCUT2D eigenvalue weighted by atomic mass is 32.2. The lowest BCUT2D eigenvalue weighted by Crippen LogP contribution is -2.14. The Hall–Kier alpha value is -2.08. The minimum Gasteiger partial charge on any atom is -0.481 e. The first-order chi connectivity index (χ1) is 9.49. The summed E-state index contributed by atoms with van der Waals surface area (Å²) < 4.78 is 1.75. The number of carbonyl (C=O) groups is 1. The molecule has 0 amide bonds. The van der Waals surface area contributed by atoms with Crippen LogP contribution in [0.1, 0.15) is 11.1 Å². The molecule has 20 heavy (non-hydrogen) atoms. The minimum absolute atomic E-state index is 0.138. The molecule has 0 aliphatic rings. The van der Waals surface area contributed by atoms with Crippen LogP contribution in [-0.2, 0) is 4.79 Å². The summed E-state index contributed by atoms with van der Waals surface area (Å²) in [5.74, 6) is -1.08. The zero-order valence-corrected chi connectivity index (χ0v) is 12.0. The zero-order chi connectivity index (χ0) is 14.7. The van der Waals surface area contributed by atoms with Gasteiger partial charge in [-0.2, -0.15) is 4.98 Å². The zero-order valence-electron chi connectivity index (χ0n) is 11.2. The Labute approximate surface area is 120 Å². The molecule has 1 N–H and O–H groups in total. The van der Waals surface area contributed by atoms with Gasteiger partial charge < -0.3 is 5.11 Å². The van der Waals surface area contributed by atoms with Crippen molar-refractivity contribution in [2.75, 3.05) is 5.75 Å². The molecule has 104 valence electrons. The summed E-state index contributed by atoms with van der Waals surface area (Å²) in [5.41, 5.74) is 2.70. The first-order valence-electron chi connectivity index (χ1n) is 6.00. The minimum atomic E-state index is -0.944. The van der Waals surface area contributed by atoms with Crippen molar-refractivity contribution < 1.29 is 9.90 Å². The first kappa shape index (κ1) is 14.3. The number of rotatable bonds is 4. The van der Waals surface area contributed by atoms with Crippen molar-refractivity contribution in [3.63, 3.8) is 0 Å². The van der Waals surface area contributed by atoms with Gasteiger partial charge >= 0.3 is 5.97 Å². The lowest BCUT2D eigenvalue weighted by molar-refractivity contribution is -0.133. The molecule has 2 rings (SSSR count). The monoisotopic (exact) mass is 290 g/mol. The molecule has 0 unspecified atom stereocenters. The summed E-state index contributed by atoms with van der Waals surface area (Å²) in [6.07, 6.45) is 1.63. The molecule has 0 spiro atoms. The number of aliphatic carboxylic acids is 1. The number of hydrogen-bond donors (Lipinski definition) is 1. The SMILES string of the molecule is Cc1cccc(-n2ccc(=O)nc2SCC(=O)O)c1C. The molecule has 1 heterocycles. The van der Waals surface area contributed by atoms with Gasteiger partial charge in [0, 0.05) is 12.3 Å². The van der Waals surface area contributed by atoms with Crippen LogP contribution in [-0.4, -0.2) is 26.4 Å². The summed E-state index contributed by atoms with van der Waals surface area (Å²) in [6.45, 7) is 3.98. The number of aryl methyl sites for hydroxylation is 1. The van der Waals surface area contributed by atoms with E-state index in [-0.39, 0.29) is 11.3 Å². The summed E-state index contributed by atoms with van der Waals surface area (Å²) in [5, 5.41) is 9.15. The molecule has 0 saturated carbocycles. The average Bonchev–Trinajstić information content (AvgIpc) is 2.40. The highest BCUT2D eigenvalue weighted by Gasteiger charge is 2.10. The smallest absolute Gasteiger partial charge is 0.313 e. The Morgan fingerprint density at radius 3 is 2.80 bits per heavy atom. The van der Waals surface area contributed by atoms with E-state index in [1.165, 1.54) is 6.07 Å². The van der Waals surface area contributed by atoms with Crippen molar-refractivity contribution in [1.29, 1.82) is 0 Å². The fourth-order valence-corrected chi connectivity index (χ4v) is 2.50. The molecule has 5 nitrogen and oxygen atoms in total. The van der Waals surface area contributed by atoms with Crippen molar-refractivity contribution >= 4 is 17.7 Å². The van der Waals surface area contributed by atoms with Gasteiger partial charge in [0.05, 0.1) is 11.4 Å². The predicted octanol–water partition coefficient (Wildman–Crippen LogP) is 2.03. The Balaban J connectivity index is 2.53. The van der Waals surface area contributed by atoms with Crippen LogP contribution < -0.4 is 5.56 Å². The third kappa shape index (κ3) is 3.08. The van der Waals surface area contributed by atoms with E-state index in [4.69, 9.17) is 5.11 Å². The largest absolute Gasteiger partial charge is 0.481 e. The molecule has 1 aromatic carbocycles. The predicted molar refractivity (Wildman–Crippen MR) is 77.7 cm³/mol. The summed E-state index contributed by atoms with van der Waals surface area (Å²) in [4.78, 5) is 26.0. The molecule has 0 aliphatic heterocycles. The van der Waals surface area contributed by atoms with Crippen molar-refractivity contribution in [1.82, 2.24) is 9.55 Å². The van der Waals surface area contributed by atoms with Gasteiger partial charge in [-0.1, -0.05) is 23.9 Å². The van der Waals surface area contributed by atoms with Crippen LogP contribution in [0.25, 0.3) is 5.69 Å². The molecule has 0 saturated heterocycles. The van der Waals surface area contributed by atoms with Gasteiger partial charge in [-0.25, -0.2) is 0 Å². The van der Waals surface area contributed by atoms with Crippen LogP contribution in [0, 0.1) is 13.8 Å². The Morgan fingerprint density at radius 1 is 1.35 bits per heavy atom. The van der Waals surface area contributed by atoms with Gasteiger partial charge in [-0.3, -0.25) is 14.2 Å². The number of thioether (sulfide) groups is 1. The molecule has 0 fully saturated rings. The first-order valence-corrected chi connectivity index (χ1v) is 6.98. The van der Waals surface area contributed by atoms with E-state index in [0.717, 1.165) is 28.6 Å². The maximum atomic E-state index is 11.4. The van der Waals surface area contributed by atoms with Gasteiger partial charge in [0.2, 0.25) is 0 Å². The third-order valence-electron chi connectivity index (χ3n) is 2.94. The molecule has 0 aliphatic carbocycles. The van der Waals surface area contributed by atoms with Gasteiger partial charge in [0.25, 0.3) is 5.56 Å². The normalized spacial score (nSPS) is 10.5. The number of hydrogen-bond acceptors (Lipinski definition) is 4. The summed E-state index contributed by atoms with van der Waals surface area (Å²) in [7, 11) is 0. The van der Waals surface area contributed by atoms with Crippen LogP contribution in [0.2, 0.25) is 0 Å². The van der Waals surface area contributed by atoms with Crippen molar-refractivity contribution in [3.8, 4) is 5.69 Å². The van der Waals surface area contributed by atoms with Crippen molar-refractivity contribution in [2.45, 2.75) is 19.0 Å². The van der Waals surface area contributed by atoms with E-state index in [1.54, 1.807) is 10.8 Å². The number of carboxylic acid groups (broad SMARTS) is 1. The van der Waals surface area contributed by atoms with Crippen LogP contribution in [0.4, 0.5) is 0 Å². The third-order valence-corrected chi connectivity index (χ3v) is 3.88. The van der Waals surface area contributed by atoms with E-state index < -0.39 is 5.97 Å². The van der Waals surface area contributed by atoms with Crippen LogP contribution in [0.5, 0.6) is 0 Å². The fourth-order valence-electron chi connectivity index (χ4n) is 1.80. The highest BCUT2D eigenvalue weighted by Crippen LogP contribution is 2.22.